The first kappa shape index (κ1) is 9.71. The Morgan fingerprint density at radius 2 is 2.00 bits per heavy atom. The van der Waals surface area contributed by atoms with Gasteiger partial charge in [0.25, 0.3) is 5.78 Å². The first-order valence-corrected chi connectivity index (χ1v) is 5.20. The van der Waals surface area contributed by atoms with E-state index < -0.39 is 0 Å². The van der Waals surface area contributed by atoms with Crippen LogP contribution in [-0.4, -0.2) is 19.6 Å². The van der Waals surface area contributed by atoms with Crippen LogP contribution >= 0.6 is 0 Å². The van der Waals surface area contributed by atoms with Crippen LogP contribution in [0.25, 0.3) is 5.78 Å². The van der Waals surface area contributed by atoms with Gasteiger partial charge in [0.1, 0.15) is 6.33 Å². The number of aromatic nitrogens is 4. The number of hydrogen-bond donors (Lipinski definition) is 1. The fraction of sp³-hybridized carbons (Fsp3) is 0.0909. The number of azo groups is 1. The van der Waals surface area contributed by atoms with E-state index in [1.54, 1.807) is 10.8 Å². The lowest BCUT2D eigenvalue weighted by Crippen LogP contribution is -1.80. The van der Waals surface area contributed by atoms with Crippen LogP contribution in [0, 0.1) is 6.92 Å². The highest BCUT2D eigenvalue weighted by atomic mass is 15.4. The highest BCUT2D eigenvalue weighted by molar-refractivity contribution is 5.46. The molecule has 0 saturated heterocycles. The summed E-state index contributed by atoms with van der Waals surface area (Å²) in [7, 11) is 0. The van der Waals surface area contributed by atoms with Crippen molar-refractivity contribution in [3.8, 4) is 0 Å². The second-order valence-corrected chi connectivity index (χ2v) is 3.58. The Kier molecular flexibility index (Phi) is 2.18. The van der Waals surface area contributed by atoms with E-state index in [2.05, 4.69) is 25.3 Å². The average Bonchev–Trinajstić information content (AvgIpc) is 2.89. The van der Waals surface area contributed by atoms with Gasteiger partial charge in [0.15, 0.2) is 5.82 Å². The summed E-state index contributed by atoms with van der Waals surface area (Å²) in [5, 5.41) is 11.3. The van der Waals surface area contributed by atoms with Crippen molar-refractivity contribution in [2.45, 2.75) is 6.92 Å². The molecule has 84 valence electrons. The number of nitrogens with one attached hydrogen (secondary N) is 1. The fourth-order valence-electron chi connectivity index (χ4n) is 1.57. The molecule has 1 aromatic carbocycles. The third-order valence-corrected chi connectivity index (χ3v) is 2.39. The van der Waals surface area contributed by atoms with Gasteiger partial charge in [-0.3, -0.25) is 5.10 Å². The molecule has 0 spiro atoms. The molecule has 1 N–H and O–H groups in total. The van der Waals surface area contributed by atoms with Crippen molar-refractivity contribution in [2.24, 2.45) is 10.2 Å². The minimum atomic E-state index is 0.601. The van der Waals surface area contributed by atoms with Gasteiger partial charge in [0, 0.05) is 0 Å². The Hall–Kier alpha value is -2.50. The Morgan fingerprint density at radius 1 is 1.18 bits per heavy atom. The smallest absolute Gasteiger partial charge is 0.252 e. The quantitative estimate of drug-likeness (QED) is 0.682. The standard InChI is InChI=1S/C11H10N6/c1-8-10(17-11(14-8)12-7-13-17)16-15-9-5-3-2-4-6-9/h2-7H,1H3,(H,12,13,14). The number of rotatable bonds is 2. The molecule has 0 saturated carbocycles. The molecule has 0 aliphatic carbocycles. The largest absolute Gasteiger partial charge is 0.279 e. The van der Waals surface area contributed by atoms with E-state index in [-0.39, 0.29) is 0 Å². The molecule has 17 heavy (non-hydrogen) atoms. The van der Waals surface area contributed by atoms with Crippen LogP contribution in [0.15, 0.2) is 46.9 Å². The van der Waals surface area contributed by atoms with Gasteiger partial charge in [-0.05, 0) is 19.1 Å². The van der Waals surface area contributed by atoms with E-state index in [9.17, 15) is 0 Å². The summed E-state index contributed by atoms with van der Waals surface area (Å²) in [5.41, 5.74) is 1.60. The van der Waals surface area contributed by atoms with Crippen LogP contribution in [-0.2, 0) is 0 Å². The third kappa shape index (κ3) is 1.69. The Balaban J connectivity index is 2.02. The maximum absolute atomic E-state index is 4.25. The molecule has 0 unspecified atom stereocenters. The normalized spacial score (nSPS) is 11.6. The summed E-state index contributed by atoms with van der Waals surface area (Å²) >= 11 is 0. The number of aromatic amines is 1. The fourth-order valence-corrected chi connectivity index (χ4v) is 1.57. The van der Waals surface area contributed by atoms with Crippen LogP contribution in [0.2, 0.25) is 0 Å². The molecule has 0 aliphatic rings. The lowest BCUT2D eigenvalue weighted by Gasteiger charge is -1.92. The van der Waals surface area contributed by atoms with Crippen molar-refractivity contribution < 1.29 is 0 Å². The Morgan fingerprint density at radius 3 is 2.82 bits per heavy atom. The van der Waals surface area contributed by atoms with E-state index in [1.165, 1.54) is 0 Å². The molecule has 0 atom stereocenters. The van der Waals surface area contributed by atoms with Crippen molar-refractivity contribution in [2.75, 3.05) is 0 Å². The average molecular weight is 226 g/mol. The lowest BCUT2D eigenvalue weighted by molar-refractivity contribution is 0.948. The summed E-state index contributed by atoms with van der Waals surface area (Å²) in [6.07, 6.45) is 1.57. The van der Waals surface area contributed by atoms with E-state index >= 15 is 0 Å². The molecule has 2 aromatic heterocycles. The van der Waals surface area contributed by atoms with E-state index in [0.717, 1.165) is 11.4 Å². The summed E-state index contributed by atoms with van der Waals surface area (Å²) in [6.45, 7) is 1.88. The van der Waals surface area contributed by atoms with Gasteiger partial charge in [0.05, 0.1) is 11.4 Å². The minimum Gasteiger partial charge on any atom is -0.279 e. The predicted molar refractivity (Wildman–Crippen MR) is 62.7 cm³/mol. The maximum atomic E-state index is 4.25. The molecule has 0 radical (unpaired) electrons. The van der Waals surface area contributed by atoms with E-state index in [0.29, 0.717) is 11.6 Å². The minimum absolute atomic E-state index is 0.601. The third-order valence-electron chi connectivity index (χ3n) is 2.39. The SMILES string of the molecule is Cc1nc2nc[nH]n2c1N=Nc1ccccc1. The van der Waals surface area contributed by atoms with Crippen LogP contribution in [0.5, 0.6) is 0 Å². The van der Waals surface area contributed by atoms with Crippen molar-refractivity contribution in [1.82, 2.24) is 19.6 Å². The summed E-state index contributed by atoms with van der Waals surface area (Å²) in [5.74, 6) is 1.27. The summed E-state index contributed by atoms with van der Waals surface area (Å²) in [4.78, 5) is 8.30. The number of imidazole rings is 1. The molecule has 0 amide bonds. The molecule has 0 bridgehead atoms. The highest BCUT2D eigenvalue weighted by Crippen LogP contribution is 2.21. The zero-order chi connectivity index (χ0) is 11.7. The van der Waals surface area contributed by atoms with Crippen molar-refractivity contribution in [3.05, 3.63) is 42.4 Å². The summed E-state index contributed by atoms with van der Waals surface area (Å²) in [6, 6.07) is 9.57. The van der Waals surface area contributed by atoms with Crippen molar-refractivity contribution in [3.63, 3.8) is 0 Å². The molecule has 3 aromatic rings. The molecule has 6 heteroatoms. The molecule has 0 aliphatic heterocycles. The lowest BCUT2D eigenvalue weighted by atomic mass is 10.3. The maximum Gasteiger partial charge on any atom is 0.252 e. The first-order valence-electron chi connectivity index (χ1n) is 5.20. The molecule has 3 rings (SSSR count). The molecule has 2 heterocycles. The van der Waals surface area contributed by atoms with Gasteiger partial charge in [0.2, 0.25) is 0 Å². The van der Waals surface area contributed by atoms with E-state index in [4.69, 9.17) is 0 Å². The Labute approximate surface area is 97.0 Å². The van der Waals surface area contributed by atoms with Gasteiger partial charge in [-0.25, -0.2) is 9.97 Å². The second-order valence-electron chi connectivity index (χ2n) is 3.58. The van der Waals surface area contributed by atoms with Gasteiger partial charge in [-0.15, -0.1) is 10.2 Å². The zero-order valence-electron chi connectivity index (χ0n) is 9.20. The zero-order valence-corrected chi connectivity index (χ0v) is 9.20. The van der Waals surface area contributed by atoms with E-state index in [1.807, 2.05) is 37.3 Å². The van der Waals surface area contributed by atoms with Crippen LogP contribution in [0.1, 0.15) is 5.69 Å². The van der Waals surface area contributed by atoms with Gasteiger partial charge in [-0.1, -0.05) is 18.2 Å². The first-order chi connectivity index (χ1) is 8.34. The van der Waals surface area contributed by atoms with Gasteiger partial charge >= 0.3 is 0 Å². The number of H-pyrrole nitrogens is 1. The van der Waals surface area contributed by atoms with Gasteiger partial charge in [-0.2, -0.15) is 4.52 Å². The van der Waals surface area contributed by atoms with Crippen LogP contribution < -0.4 is 0 Å². The molecular weight excluding hydrogens is 216 g/mol. The van der Waals surface area contributed by atoms with Crippen molar-refractivity contribution >= 4 is 17.3 Å². The van der Waals surface area contributed by atoms with Crippen LogP contribution in [0.3, 0.4) is 0 Å². The Bertz CT molecular complexity index is 664. The number of aryl methyl sites for hydroxylation is 1. The summed E-state index contributed by atoms with van der Waals surface area (Å²) < 4.78 is 1.70. The number of benzene rings is 1. The van der Waals surface area contributed by atoms with Crippen molar-refractivity contribution in [1.29, 1.82) is 0 Å². The molecule has 6 nitrogen and oxygen atoms in total. The topological polar surface area (TPSA) is 70.7 Å². The molecular formula is C11H10N6. The highest BCUT2D eigenvalue weighted by Gasteiger charge is 2.09. The monoisotopic (exact) mass is 226 g/mol. The predicted octanol–water partition coefficient (Wildman–Crippen LogP) is 2.78. The van der Waals surface area contributed by atoms with Gasteiger partial charge < -0.3 is 0 Å². The second kappa shape index (κ2) is 3.82. The number of fused-ring (bicyclic) bond motifs is 1. The number of nitrogens with zero attached hydrogens (tertiary/aromatic N) is 5. The number of hydrogen-bond acceptors (Lipinski definition) is 4. The van der Waals surface area contributed by atoms with Crippen LogP contribution in [0.4, 0.5) is 11.5 Å². The molecule has 0 fully saturated rings.